The Hall–Kier alpha value is -2.16. The number of hydrogen-bond acceptors (Lipinski definition) is 3. The first-order valence-electron chi connectivity index (χ1n) is 6.69. The maximum atomic E-state index is 5.41. The first-order valence-corrected chi connectivity index (χ1v) is 6.69. The van der Waals surface area contributed by atoms with Gasteiger partial charge in [0.15, 0.2) is 0 Å². The van der Waals surface area contributed by atoms with Gasteiger partial charge in [-0.3, -0.25) is 0 Å². The molecule has 3 heteroatoms. The molecule has 1 unspecified atom stereocenters. The van der Waals surface area contributed by atoms with Crippen LogP contribution in [0.4, 0.5) is 5.69 Å². The SMILES string of the molecule is COc1ccc(C)cc1NC(C)c1ccccc1OC. The van der Waals surface area contributed by atoms with E-state index in [0.29, 0.717) is 0 Å². The van der Waals surface area contributed by atoms with E-state index in [9.17, 15) is 0 Å². The number of ether oxygens (including phenoxy) is 2. The third kappa shape index (κ3) is 3.05. The molecule has 1 atom stereocenters. The molecule has 0 bridgehead atoms. The molecular formula is C17H21NO2. The predicted octanol–water partition coefficient (Wildman–Crippen LogP) is 4.19. The van der Waals surface area contributed by atoms with Crippen molar-refractivity contribution in [2.24, 2.45) is 0 Å². The van der Waals surface area contributed by atoms with E-state index in [-0.39, 0.29) is 6.04 Å². The van der Waals surface area contributed by atoms with Crippen LogP contribution in [0.25, 0.3) is 0 Å². The van der Waals surface area contributed by atoms with Gasteiger partial charge in [-0.2, -0.15) is 0 Å². The van der Waals surface area contributed by atoms with E-state index in [0.717, 1.165) is 22.7 Å². The van der Waals surface area contributed by atoms with E-state index in [1.54, 1.807) is 14.2 Å². The molecule has 0 aliphatic carbocycles. The Morgan fingerprint density at radius 3 is 2.35 bits per heavy atom. The van der Waals surface area contributed by atoms with Crippen molar-refractivity contribution in [2.45, 2.75) is 19.9 Å². The number of rotatable bonds is 5. The van der Waals surface area contributed by atoms with Gasteiger partial charge in [-0.15, -0.1) is 0 Å². The van der Waals surface area contributed by atoms with Crippen LogP contribution in [0.5, 0.6) is 11.5 Å². The molecule has 3 nitrogen and oxygen atoms in total. The largest absolute Gasteiger partial charge is 0.496 e. The van der Waals surface area contributed by atoms with E-state index in [4.69, 9.17) is 9.47 Å². The number of para-hydroxylation sites is 1. The molecule has 0 saturated heterocycles. The summed E-state index contributed by atoms with van der Waals surface area (Å²) in [5, 5.41) is 3.49. The third-order valence-corrected chi connectivity index (χ3v) is 3.33. The maximum Gasteiger partial charge on any atom is 0.141 e. The van der Waals surface area contributed by atoms with E-state index >= 15 is 0 Å². The fraction of sp³-hybridized carbons (Fsp3) is 0.294. The summed E-state index contributed by atoms with van der Waals surface area (Å²) in [6, 6.07) is 14.3. The zero-order valence-electron chi connectivity index (χ0n) is 12.4. The molecule has 2 aromatic rings. The zero-order valence-corrected chi connectivity index (χ0v) is 12.4. The van der Waals surface area contributed by atoms with Crippen LogP contribution in [0.2, 0.25) is 0 Å². The molecule has 0 saturated carbocycles. The third-order valence-electron chi connectivity index (χ3n) is 3.33. The van der Waals surface area contributed by atoms with E-state index in [2.05, 4.69) is 31.3 Å². The maximum absolute atomic E-state index is 5.41. The molecule has 0 aliphatic rings. The van der Waals surface area contributed by atoms with Gasteiger partial charge in [0.1, 0.15) is 11.5 Å². The molecule has 1 N–H and O–H groups in total. The standard InChI is InChI=1S/C17H21NO2/c1-12-9-10-17(20-4)15(11-12)18-13(2)14-7-5-6-8-16(14)19-3/h5-11,13,18H,1-4H3. The van der Waals surface area contributed by atoms with Gasteiger partial charge >= 0.3 is 0 Å². The van der Waals surface area contributed by atoms with Crippen LogP contribution in [0.1, 0.15) is 24.1 Å². The minimum absolute atomic E-state index is 0.127. The smallest absolute Gasteiger partial charge is 0.141 e. The quantitative estimate of drug-likeness (QED) is 0.884. The molecule has 0 aliphatic heterocycles. The first kappa shape index (κ1) is 14.3. The molecule has 2 rings (SSSR count). The van der Waals surface area contributed by atoms with E-state index in [1.165, 1.54) is 5.56 Å². The van der Waals surface area contributed by atoms with Crippen molar-refractivity contribution in [2.75, 3.05) is 19.5 Å². The summed E-state index contributed by atoms with van der Waals surface area (Å²) in [4.78, 5) is 0. The summed E-state index contributed by atoms with van der Waals surface area (Å²) in [5.41, 5.74) is 3.31. The molecule has 0 aromatic heterocycles. The highest BCUT2D eigenvalue weighted by Crippen LogP contribution is 2.32. The Morgan fingerprint density at radius 2 is 1.65 bits per heavy atom. The Labute approximate surface area is 120 Å². The molecular weight excluding hydrogens is 250 g/mol. The average molecular weight is 271 g/mol. The number of benzene rings is 2. The van der Waals surface area contributed by atoms with Crippen molar-refractivity contribution in [3.8, 4) is 11.5 Å². The Bertz CT molecular complexity index is 581. The molecule has 0 spiro atoms. The average Bonchev–Trinajstić information content (AvgIpc) is 2.47. The van der Waals surface area contributed by atoms with Crippen LogP contribution in [0, 0.1) is 6.92 Å². The molecule has 0 radical (unpaired) electrons. The summed E-state index contributed by atoms with van der Waals surface area (Å²) in [7, 11) is 3.38. The van der Waals surface area contributed by atoms with Gasteiger partial charge in [-0.1, -0.05) is 24.3 Å². The summed E-state index contributed by atoms with van der Waals surface area (Å²) >= 11 is 0. The summed E-state index contributed by atoms with van der Waals surface area (Å²) < 4.78 is 10.8. The molecule has 0 heterocycles. The lowest BCUT2D eigenvalue weighted by molar-refractivity contribution is 0.407. The number of aryl methyl sites for hydroxylation is 1. The molecule has 0 amide bonds. The van der Waals surface area contributed by atoms with Crippen molar-refractivity contribution < 1.29 is 9.47 Å². The van der Waals surface area contributed by atoms with Crippen LogP contribution in [-0.4, -0.2) is 14.2 Å². The summed E-state index contributed by atoms with van der Waals surface area (Å²) in [5.74, 6) is 1.73. The highest BCUT2D eigenvalue weighted by Gasteiger charge is 2.12. The lowest BCUT2D eigenvalue weighted by Crippen LogP contribution is -2.09. The molecule has 0 fully saturated rings. The van der Waals surface area contributed by atoms with Crippen molar-refractivity contribution in [1.29, 1.82) is 0 Å². The number of methoxy groups -OCH3 is 2. The monoisotopic (exact) mass is 271 g/mol. The van der Waals surface area contributed by atoms with E-state index in [1.807, 2.05) is 30.3 Å². The highest BCUT2D eigenvalue weighted by atomic mass is 16.5. The van der Waals surface area contributed by atoms with E-state index < -0.39 is 0 Å². The van der Waals surface area contributed by atoms with Gasteiger partial charge in [0.25, 0.3) is 0 Å². The lowest BCUT2D eigenvalue weighted by Gasteiger charge is -2.20. The van der Waals surface area contributed by atoms with Crippen molar-refractivity contribution >= 4 is 5.69 Å². The fourth-order valence-corrected chi connectivity index (χ4v) is 2.27. The van der Waals surface area contributed by atoms with Gasteiger partial charge in [-0.05, 0) is 37.6 Å². The molecule has 106 valence electrons. The minimum Gasteiger partial charge on any atom is -0.496 e. The second-order valence-electron chi connectivity index (χ2n) is 4.81. The van der Waals surface area contributed by atoms with Crippen molar-refractivity contribution in [1.82, 2.24) is 0 Å². The van der Waals surface area contributed by atoms with Gasteiger partial charge in [-0.25, -0.2) is 0 Å². The molecule has 20 heavy (non-hydrogen) atoms. The van der Waals surface area contributed by atoms with Gasteiger partial charge in [0, 0.05) is 5.56 Å². The topological polar surface area (TPSA) is 30.5 Å². The van der Waals surface area contributed by atoms with Gasteiger partial charge in [0.05, 0.1) is 25.9 Å². The first-order chi connectivity index (χ1) is 9.65. The minimum atomic E-state index is 0.127. The lowest BCUT2D eigenvalue weighted by atomic mass is 10.1. The predicted molar refractivity (Wildman–Crippen MR) is 82.8 cm³/mol. The Balaban J connectivity index is 2.27. The number of hydrogen-bond donors (Lipinski definition) is 1. The summed E-state index contributed by atoms with van der Waals surface area (Å²) in [6.07, 6.45) is 0. The second-order valence-corrected chi connectivity index (χ2v) is 4.81. The highest BCUT2D eigenvalue weighted by molar-refractivity contribution is 5.59. The van der Waals surface area contributed by atoms with Crippen molar-refractivity contribution in [3.63, 3.8) is 0 Å². The van der Waals surface area contributed by atoms with Crippen LogP contribution in [0.3, 0.4) is 0 Å². The van der Waals surface area contributed by atoms with Gasteiger partial charge < -0.3 is 14.8 Å². The normalized spacial score (nSPS) is 11.8. The van der Waals surface area contributed by atoms with Crippen LogP contribution >= 0.6 is 0 Å². The Kier molecular flexibility index (Phi) is 4.51. The Morgan fingerprint density at radius 1 is 0.950 bits per heavy atom. The van der Waals surface area contributed by atoms with Gasteiger partial charge in [0.2, 0.25) is 0 Å². The van der Waals surface area contributed by atoms with Crippen molar-refractivity contribution in [3.05, 3.63) is 53.6 Å². The zero-order chi connectivity index (χ0) is 14.5. The fourth-order valence-electron chi connectivity index (χ4n) is 2.27. The number of nitrogens with one attached hydrogen (secondary N) is 1. The van der Waals surface area contributed by atoms with Crippen LogP contribution < -0.4 is 14.8 Å². The van der Waals surface area contributed by atoms with Crippen LogP contribution in [0.15, 0.2) is 42.5 Å². The second kappa shape index (κ2) is 6.33. The summed E-state index contributed by atoms with van der Waals surface area (Å²) in [6.45, 7) is 4.18. The molecule has 2 aromatic carbocycles. The number of anilines is 1. The van der Waals surface area contributed by atoms with Crippen LogP contribution in [-0.2, 0) is 0 Å².